The summed E-state index contributed by atoms with van der Waals surface area (Å²) in [6.45, 7) is 8.77. The van der Waals surface area contributed by atoms with Crippen LogP contribution in [-0.2, 0) is 0 Å². The molecule has 2 heteroatoms. The van der Waals surface area contributed by atoms with Crippen molar-refractivity contribution in [1.29, 1.82) is 0 Å². The lowest BCUT2D eigenvalue weighted by molar-refractivity contribution is 0.654. The Balaban J connectivity index is 3.28. The molecule has 0 amide bonds. The molecule has 0 bridgehead atoms. The molecule has 1 rings (SSSR count). The van der Waals surface area contributed by atoms with E-state index in [-0.39, 0.29) is 8.81 Å². The highest BCUT2D eigenvalue weighted by Crippen LogP contribution is 2.27. The molecule has 1 atom stereocenters. The quantitative estimate of drug-likeness (QED) is 0.760. The zero-order valence-electron chi connectivity index (χ0n) is 9.33. The summed E-state index contributed by atoms with van der Waals surface area (Å²) in [7, 11) is -0.0892. The Morgan fingerprint density at radius 2 is 1.71 bits per heavy atom. The second kappa shape index (κ2) is 4.91. The maximum absolute atomic E-state index is 9.30. The number of hydrogen-bond donors (Lipinski definition) is 1. The largest absolute Gasteiger partial charge is 0.372 e. The summed E-state index contributed by atoms with van der Waals surface area (Å²) in [5, 5.41) is 1.10. The van der Waals surface area contributed by atoms with E-state index in [1.807, 2.05) is 12.1 Å². The molecular weight excluding hydrogens is 191 g/mol. The third-order valence-electron chi connectivity index (χ3n) is 2.46. The summed E-state index contributed by atoms with van der Waals surface area (Å²) < 4.78 is 0. The van der Waals surface area contributed by atoms with Gasteiger partial charge in [-0.2, -0.15) is 0 Å². The van der Waals surface area contributed by atoms with Gasteiger partial charge in [-0.1, -0.05) is 45.9 Å². The zero-order chi connectivity index (χ0) is 10.7. The van der Waals surface area contributed by atoms with Gasteiger partial charge in [0.2, 0.25) is 0 Å². The second-order valence-corrected chi connectivity index (χ2v) is 4.99. The third-order valence-corrected chi connectivity index (χ3v) is 3.14. The van der Waals surface area contributed by atoms with Crippen molar-refractivity contribution in [1.82, 2.24) is 0 Å². The second-order valence-electron chi connectivity index (χ2n) is 4.23. The Morgan fingerprint density at radius 1 is 1.07 bits per heavy atom. The molecule has 0 heterocycles. The van der Waals surface area contributed by atoms with Crippen molar-refractivity contribution in [3.63, 3.8) is 0 Å². The molecule has 0 spiro atoms. The molecule has 1 unspecified atom stereocenters. The Morgan fingerprint density at radius 3 is 2.14 bits per heavy atom. The van der Waals surface area contributed by atoms with E-state index < -0.39 is 0 Å². The van der Waals surface area contributed by atoms with Crippen molar-refractivity contribution in [3.05, 3.63) is 29.3 Å². The molecule has 1 N–H and O–H groups in total. The normalized spacial score (nSPS) is 12.2. The van der Waals surface area contributed by atoms with E-state index in [0.717, 1.165) is 5.30 Å². The lowest BCUT2D eigenvalue weighted by atomic mass is 9.91. The van der Waals surface area contributed by atoms with Crippen LogP contribution in [0.2, 0.25) is 0 Å². The first-order chi connectivity index (χ1) is 6.57. The fourth-order valence-electron chi connectivity index (χ4n) is 1.83. The van der Waals surface area contributed by atoms with Gasteiger partial charge in [0.15, 0.2) is 0 Å². The highest BCUT2D eigenvalue weighted by Gasteiger charge is 2.13. The predicted octanol–water partition coefficient (Wildman–Crippen LogP) is 3.14. The van der Waals surface area contributed by atoms with Crippen molar-refractivity contribution in [3.8, 4) is 0 Å². The summed E-state index contributed by atoms with van der Waals surface area (Å²) in [4.78, 5) is 9.30. The van der Waals surface area contributed by atoms with E-state index in [9.17, 15) is 4.89 Å². The van der Waals surface area contributed by atoms with Crippen LogP contribution in [0.15, 0.2) is 18.2 Å². The van der Waals surface area contributed by atoms with E-state index in [2.05, 4.69) is 33.8 Å². The maximum Gasteiger partial charge on any atom is 0.0423 e. The molecular formula is C12H19OP. The maximum atomic E-state index is 9.30. The Kier molecular flexibility index (Phi) is 4.10. The van der Waals surface area contributed by atoms with Gasteiger partial charge in [-0.3, -0.25) is 0 Å². The van der Waals surface area contributed by atoms with Gasteiger partial charge in [0, 0.05) is 14.1 Å². The molecule has 0 saturated carbocycles. The van der Waals surface area contributed by atoms with Crippen LogP contribution in [0.5, 0.6) is 0 Å². The van der Waals surface area contributed by atoms with Crippen LogP contribution in [0.1, 0.15) is 50.7 Å². The Hall–Kier alpha value is -0.390. The first-order valence-corrected chi connectivity index (χ1v) is 6.05. The third kappa shape index (κ3) is 2.34. The summed E-state index contributed by atoms with van der Waals surface area (Å²) in [6.07, 6.45) is 0. The van der Waals surface area contributed by atoms with Gasteiger partial charge in [0.1, 0.15) is 0 Å². The molecule has 0 aliphatic rings. The van der Waals surface area contributed by atoms with E-state index in [1.54, 1.807) is 0 Å². The number of hydrogen-bond acceptors (Lipinski definition) is 1. The number of benzene rings is 1. The van der Waals surface area contributed by atoms with Crippen LogP contribution < -0.4 is 5.30 Å². The van der Waals surface area contributed by atoms with Crippen LogP contribution in [0.4, 0.5) is 0 Å². The first-order valence-electron chi connectivity index (χ1n) is 5.10. The van der Waals surface area contributed by atoms with Crippen LogP contribution in [-0.4, -0.2) is 4.89 Å². The molecule has 0 saturated heterocycles. The summed E-state index contributed by atoms with van der Waals surface area (Å²) in [5.74, 6) is 1.02. The minimum absolute atomic E-state index is 0.0892. The standard InChI is InChI=1S/C12H19OP/c1-8(2)10-6-5-7-11(14-13)12(10)9(3)4/h5-9,13-14H,1-4H3. The molecule has 1 aromatic carbocycles. The average molecular weight is 210 g/mol. The number of rotatable bonds is 3. The van der Waals surface area contributed by atoms with Crippen molar-refractivity contribution in [2.45, 2.75) is 39.5 Å². The lowest BCUT2D eigenvalue weighted by Crippen LogP contribution is -2.10. The van der Waals surface area contributed by atoms with Crippen molar-refractivity contribution in [2.75, 3.05) is 0 Å². The highest BCUT2D eigenvalue weighted by atomic mass is 31.1. The molecule has 1 aromatic rings. The molecule has 0 aliphatic heterocycles. The van der Waals surface area contributed by atoms with Gasteiger partial charge in [0.05, 0.1) is 0 Å². The van der Waals surface area contributed by atoms with Crippen molar-refractivity contribution in [2.24, 2.45) is 0 Å². The van der Waals surface area contributed by atoms with Crippen molar-refractivity contribution < 1.29 is 4.89 Å². The lowest BCUT2D eigenvalue weighted by Gasteiger charge is -2.18. The van der Waals surface area contributed by atoms with E-state index >= 15 is 0 Å². The Bertz CT molecular complexity index is 305. The molecule has 0 fully saturated rings. The molecule has 14 heavy (non-hydrogen) atoms. The van der Waals surface area contributed by atoms with E-state index in [4.69, 9.17) is 0 Å². The molecule has 0 aliphatic carbocycles. The Labute approximate surface area is 88.4 Å². The minimum Gasteiger partial charge on any atom is -0.372 e. The summed E-state index contributed by atoms with van der Waals surface area (Å²) in [5.41, 5.74) is 2.71. The van der Waals surface area contributed by atoms with E-state index in [0.29, 0.717) is 11.8 Å². The molecule has 0 radical (unpaired) electrons. The molecule has 1 nitrogen and oxygen atoms in total. The van der Waals surface area contributed by atoms with Gasteiger partial charge in [0.25, 0.3) is 0 Å². The topological polar surface area (TPSA) is 20.2 Å². The van der Waals surface area contributed by atoms with E-state index in [1.165, 1.54) is 11.1 Å². The fraction of sp³-hybridized carbons (Fsp3) is 0.500. The monoisotopic (exact) mass is 210 g/mol. The average Bonchev–Trinajstić information content (AvgIpc) is 2.16. The summed E-state index contributed by atoms with van der Waals surface area (Å²) in [6, 6.07) is 6.24. The molecule has 0 aromatic heterocycles. The zero-order valence-corrected chi connectivity index (χ0v) is 10.3. The molecule has 78 valence electrons. The van der Waals surface area contributed by atoms with Gasteiger partial charge < -0.3 is 4.89 Å². The predicted molar refractivity (Wildman–Crippen MR) is 64.8 cm³/mol. The van der Waals surface area contributed by atoms with Gasteiger partial charge in [-0.15, -0.1) is 0 Å². The van der Waals surface area contributed by atoms with Gasteiger partial charge in [-0.25, -0.2) is 0 Å². The van der Waals surface area contributed by atoms with Crippen LogP contribution >= 0.6 is 8.81 Å². The SMILES string of the molecule is CC(C)c1cccc(PO)c1C(C)C. The smallest absolute Gasteiger partial charge is 0.0423 e. The van der Waals surface area contributed by atoms with Crippen LogP contribution in [0.3, 0.4) is 0 Å². The summed E-state index contributed by atoms with van der Waals surface area (Å²) >= 11 is 0. The van der Waals surface area contributed by atoms with Crippen molar-refractivity contribution >= 4 is 14.1 Å². The first kappa shape index (κ1) is 11.7. The fourth-order valence-corrected chi connectivity index (χ4v) is 2.55. The highest BCUT2D eigenvalue weighted by molar-refractivity contribution is 7.41. The van der Waals surface area contributed by atoms with Crippen LogP contribution in [0.25, 0.3) is 0 Å². The van der Waals surface area contributed by atoms with Crippen LogP contribution in [0, 0.1) is 0 Å². The van der Waals surface area contributed by atoms with Gasteiger partial charge >= 0.3 is 0 Å². The minimum atomic E-state index is -0.0892. The van der Waals surface area contributed by atoms with Gasteiger partial charge in [-0.05, 0) is 23.0 Å².